The maximum absolute atomic E-state index is 11.5. The Hall–Kier alpha value is -1.10. The third kappa shape index (κ3) is 9.78. The maximum Gasteiger partial charge on any atom is 0.347 e. The van der Waals surface area contributed by atoms with Gasteiger partial charge in [-0.1, -0.05) is 46.0 Å². The van der Waals surface area contributed by atoms with Gasteiger partial charge in [0, 0.05) is 6.61 Å². The average molecular weight is 288 g/mol. The van der Waals surface area contributed by atoms with Crippen molar-refractivity contribution in [3.8, 4) is 0 Å². The highest BCUT2D eigenvalue weighted by Gasteiger charge is 2.28. The van der Waals surface area contributed by atoms with E-state index in [1.54, 1.807) is 6.92 Å². The summed E-state index contributed by atoms with van der Waals surface area (Å²) in [4.78, 5) is 22.2. The second kappa shape index (κ2) is 11.7. The molecule has 0 spiro atoms. The Morgan fingerprint density at radius 2 is 1.65 bits per heavy atom. The summed E-state index contributed by atoms with van der Waals surface area (Å²) >= 11 is 0. The topological polar surface area (TPSA) is 72.8 Å². The molecule has 0 fully saturated rings. The van der Waals surface area contributed by atoms with Gasteiger partial charge in [-0.3, -0.25) is 0 Å². The minimum atomic E-state index is -1.49. The third-order valence-electron chi connectivity index (χ3n) is 2.94. The number of carboxylic acid groups (broad SMARTS) is 1. The number of ether oxygens (including phenoxy) is 2. The van der Waals surface area contributed by atoms with Crippen LogP contribution in [0.3, 0.4) is 0 Å². The molecule has 0 amide bonds. The fraction of sp³-hybridized carbons (Fsp3) is 0.867. The Bertz CT molecular complexity index is 275. The zero-order valence-corrected chi connectivity index (χ0v) is 12.9. The van der Waals surface area contributed by atoms with E-state index in [1.807, 2.05) is 0 Å². The van der Waals surface area contributed by atoms with E-state index in [2.05, 4.69) is 13.8 Å². The number of unbranched alkanes of at least 4 members (excludes halogenated alkanes) is 4. The number of carbonyl (C=O) groups excluding carboxylic acids is 1. The quantitative estimate of drug-likeness (QED) is 0.339. The standard InChI is InChI=1S/C15H28O5/c1-4-19-13(14(16)17)15(18)20-11-9-7-5-6-8-10-12(2)3/h12-13H,4-11H2,1-3H3,(H,16,17). The van der Waals surface area contributed by atoms with Crippen LogP contribution in [-0.4, -0.2) is 36.4 Å². The van der Waals surface area contributed by atoms with E-state index in [9.17, 15) is 9.59 Å². The first-order chi connectivity index (χ1) is 9.49. The van der Waals surface area contributed by atoms with Gasteiger partial charge >= 0.3 is 11.9 Å². The molecule has 1 atom stereocenters. The molecule has 0 aliphatic heterocycles. The molecule has 0 aromatic carbocycles. The first-order valence-corrected chi connectivity index (χ1v) is 7.50. The van der Waals surface area contributed by atoms with E-state index in [-0.39, 0.29) is 13.2 Å². The molecule has 0 saturated heterocycles. The van der Waals surface area contributed by atoms with E-state index >= 15 is 0 Å². The predicted molar refractivity (Wildman–Crippen MR) is 76.5 cm³/mol. The molecule has 0 rings (SSSR count). The first-order valence-electron chi connectivity index (χ1n) is 7.50. The molecule has 118 valence electrons. The van der Waals surface area contributed by atoms with Crippen LogP contribution in [0.2, 0.25) is 0 Å². The summed E-state index contributed by atoms with van der Waals surface area (Å²) in [7, 11) is 0. The average Bonchev–Trinajstić information content (AvgIpc) is 2.38. The number of carbonyl (C=O) groups is 2. The Morgan fingerprint density at radius 3 is 2.20 bits per heavy atom. The highest BCUT2D eigenvalue weighted by atomic mass is 16.6. The molecule has 20 heavy (non-hydrogen) atoms. The van der Waals surface area contributed by atoms with Crippen LogP contribution < -0.4 is 0 Å². The summed E-state index contributed by atoms with van der Waals surface area (Å²) in [5.41, 5.74) is 0. The van der Waals surface area contributed by atoms with Crippen molar-refractivity contribution in [1.29, 1.82) is 0 Å². The molecule has 1 N–H and O–H groups in total. The zero-order valence-electron chi connectivity index (χ0n) is 12.9. The number of aliphatic carboxylic acids is 1. The van der Waals surface area contributed by atoms with Gasteiger partial charge in [-0.2, -0.15) is 0 Å². The van der Waals surface area contributed by atoms with Gasteiger partial charge in [0.25, 0.3) is 6.10 Å². The van der Waals surface area contributed by atoms with E-state index in [4.69, 9.17) is 14.6 Å². The molecule has 0 aromatic rings. The number of hydrogen-bond acceptors (Lipinski definition) is 4. The van der Waals surface area contributed by atoms with Crippen molar-refractivity contribution in [2.24, 2.45) is 5.92 Å². The summed E-state index contributed by atoms with van der Waals surface area (Å²) in [6.45, 7) is 6.51. The fourth-order valence-corrected chi connectivity index (χ4v) is 1.84. The lowest BCUT2D eigenvalue weighted by atomic mass is 10.0. The van der Waals surface area contributed by atoms with E-state index in [0.29, 0.717) is 0 Å². The van der Waals surface area contributed by atoms with E-state index in [1.165, 1.54) is 19.3 Å². The van der Waals surface area contributed by atoms with Crippen LogP contribution in [0.4, 0.5) is 0 Å². The van der Waals surface area contributed by atoms with Gasteiger partial charge in [-0.05, 0) is 19.3 Å². The predicted octanol–water partition coefficient (Wildman–Crippen LogP) is 3.02. The smallest absolute Gasteiger partial charge is 0.347 e. The van der Waals surface area contributed by atoms with Crippen LogP contribution >= 0.6 is 0 Å². The van der Waals surface area contributed by atoms with Gasteiger partial charge in [0.15, 0.2) is 0 Å². The second-order valence-electron chi connectivity index (χ2n) is 5.29. The largest absolute Gasteiger partial charge is 0.479 e. The normalized spacial score (nSPS) is 12.4. The SMILES string of the molecule is CCOC(C(=O)O)C(=O)OCCCCCCCC(C)C. The molecule has 0 radical (unpaired) electrons. The molecule has 0 bridgehead atoms. The monoisotopic (exact) mass is 288 g/mol. The molecule has 0 aliphatic rings. The van der Waals surface area contributed by atoms with Crippen molar-refractivity contribution in [2.45, 2.75) is 65.4 Å². The minimum Gasteiger partial charge on any atom is -0.479 e. The van der Waals surface area contributed by atoms with Gasteiger partial charge in [0.2, 0.25) is 0 Å². The fourth-order valence-electron chi connectivity index (χ4n) is 1.84. The van der Waals surface area contributed by atoms with Crippen molar-refractivity contribution < 1.29 is 24.2 Å². The Morgan fingerprint density at radius 1 is 1.05 bits per heavy atom. The second-order valence-corrected chi connectivity index (χ2v) is 5.29. The summed E-state index contributed by atoms with van der Waals surface area (Å²) in [5.74, 6) is -1.35. The molecule has 5 nitrogen and oxygen atoms in total. The number of rotatable bonds is 12. The van der Waals surface area contributed by atoms with E-state index < -0.39 is 18.0 Å². The van der Waals surface area contributed by atoms with Crippen molar-refractivity contribution in [3.63, 3.8) is 0 Å². The molecular formula is C15H28O5. The molecule has 0 aliphatic carbocycles. The van der Waals surface area contributed by atoms with Gasteiger partial charge < -0.3 is 14.6 Å². The summed E-state index contributed by atoms with van der Waals surface area (Å²) < 4.78 is 9.74. The Balaban J connectivity index is 3.58. The molecular weight excluding hydrogens is 260 g/mol. The number of carboxylic acids is 1. The number of esters is 1. The van der Waals surface area contributed by atoms with Crippen molar-refractivity contribution >= 4 is 11.9 Å². The van der Waals surface area contributed by atoms with Crippen LogP contribution in [0.5, 0.6) is 0 Å². The summed E-state index contributed by atoms with van der Waals surface area (Å²) in [6, 6.07) is 0. The third-order valence-corrected chi connectivity index (χ3v) is 2.94. The number of hydrogen-bond donors (Lipinski definition) is 1. The maximum atomic E-state index is 11.5. The summed E-state index contributed by atoms with van der Waals surface area (Å²) in [6.07, 6.45) is 5.09. The van der Waals surface area contributed by atoms with Crippen LogP contribution in [0.15, 0.2) is 0 Å². The van der Waals surface area contributed by atoms with Crippen molar-refractivity contribution in [2.75, 3.05) is 13.2 Å². The van der Waals surface area contributed by atoms with Crippen molar-refractivity contribution in [1.82, 2.24) is 0 Å². The highest BCUT2D eigenvalue weighted by Crippen LogP contribution is 2.10. The minimum absolute atomic E-state index is 0.169. The van der Waals surface area contributed by atoms with Gasteiger partial charge in [-0.15, -0.1) is 0 Å². The van der Waals surface area contributed by atoms with Gasteiger partial charge in [-0.25, -0.2) is 9.59 Å². The lowest BCUT2D eigenvalue weighted by Gasteiger charge is -2.11. The highest BCUT2D eigenvalue weighted by molar-refractivity contribution is 5.97. The van der Waals surface area contributed by atoms with Gasteiger partial charge in [0.05, 0.1) is 6.61 Å². The van der Waals surface area contributed by atoms with Crippen molar-refractivity contribution in [3.05, 3.63) is 0 Å². The van der Waals surface area contributed by atoms with Gasteiger partial charge in [0.1, 0.15) is 0 Å². The van der Waals surface area contributed by atoms with E-state index in [0.717, 1.165) is 25.2 Å². The summed E-state index contributed by atoms with van der Waals surface area (Å²) in [5, 5.41) is 8.79. The Labute approximate surface area is 121 Å². The zero-order chi connectivity index (χ0) is 15.4. The first kappa shape index (κ1) is 18.9. The molecule has 0 heterocycles. The lowest BCUT2D eigenvalue weighted by molar-refractivity contribution is -0.169. The molecule has 1 unspecified atom stereocenters. The van der Waals surface area contributed by atoms with Crippen LogP contribution in [0.25, 0.3) is 0 Å². The molecule has 0 aromatic heterocycles. The molecule has 0 saturated carbocycles. The Kier molecular flexibility index (Phi) is 11.1. The van der Waals surface area contributed by atoms with Crippen LogP contribution in [0, 0.1) is 5.92 Å². The van der Waals surface area contributed by atoms with Crippen LogP contribution in [0.1, 0.15) is 59.3 Å². The van der Waals surface area contributed by atoms with Crippen LogP contribution in [-0.2, 0) is 19.1 Å². The molecule has 5 heteroatoms. The lowest BCUT2D eigenvalue weighted by Crippen LogP contribution is -2.34.